The summed E-state index contributed by atoms with van der Waals surface area (Å²) in [7, 11) is 0. The summed E-state index contributed by atoms with van der Waals surface area (Å²) in [6.07, 6.45) is 6.45. The highest BCUT2D eigenvalue weighted by Gasteiger charge is 2.10. The molecular weight excluding hydrogens is 293 g/mol. The molecule has 0 aliphatic carbocycles. The van der Waals surface area contributed by atoms with Crippen molar-refractivity contribution in [3.05, 3.63) is 65.9 Å². The highest BCUT2D eigenvalue weighted by Crippen LogP contribution is 2.23. The number of nitrogens with one attached hydrogen (secondary N) is 2. The van der Waals surface area contributed by atoms with Gasteiger partial charge in [0.05, 0.1) is 18.1 Å². The molecule has 1 aliphatic rings. The Balaban J connectivity index is 1.83. The molecule has 0 saturated carbocycles. The van der Waals surface area contributed by atoms with Crippen molar-refractivity contribution in [1.29, 1.82) is 0 Å². The topological polar surface area (TPSA) is 62.7 Å². The predicted octanol–water partition coefficient (Wildman–Crippen LogP) is 3.60. The Kier molecular flexibility index (Phi) is 3.34. The summed E-state index contributed by atoms with van der Waals surface area (Å²) in [4.78, 5) is 12.4. The van der Waals surface area contributed by atoms with Crippen LogP contribution in [0.4, 0.5) is 27.5 Å². The van der Waals surface area contributed by atoms with E-state index in [1.54, 1.807) is 6.20 Å². The minimum Gasteiger partial charge on any atom is -0.338 e. The van der Waals surface area contributed by atoms with E-state index < -0.39 is 5.82 Å². The first-order valence-corrected chi connectivity index (χ1v) is 7.36. The second-order valence-corrected chi connectivity index (χ2v) is 5.42. The fourth-order valence-corrected chi connectivity index (χ4v) is 2.57. The highest BCUT2D eigenvalue weighted by atomic mass is 19.1. The molecule has 0 spiro atoms. The molecule has 6 heteroatoms. The van der Waals surface area contributed by atoms with E-state index in [4.69, 9.17) is 0 Å². The fraction of sp³-hybridized carbons (Fsp3) is 0.118. The van der Waals surface area contributed by atoms with Crippen molar-refractivity contribution in [2.75, 3.05) is 10.6 Å². The van der Waals surface area contributed by atoms with Crippen LogP contribution in [0.25, 0.3) is 0 Å². The Bertz CT molecular complexity index is 865. The van der Waals surface area contributed by atoms with Gasteiger partial charge in [-0.05, 0) is 42.2 Å². The summed E-state index contributed by atoms with van der Waals surface area (Å²) in [6.45, 7) is 0. The first-order valence-electron chi connectivity index (χ1n) is 7.36. The summed E-state index contributed by atoms with van der Waals surface area (Å²) in [6, 6.07) is 9.91. The van der Waals surface area contributed by atoms with Gasteiger partial charge in [0.1, 0.15) is 0 Å². The van der Waals surface area contributed by atoms with Crippen LogP contribution < -0.4 is 10.6 Å². The number of benzene rings is 1. The number of rotatable bonds is 0. The van der Waals surface area contributed by atoms with Crippen molar-refractivity contribution in [3.63, 3.8) is 0 Å². The number of halogens is 1. The third-order valence-electron chi connectivity index (χ3n) is 3.69. The number of anilines is 4. The van der Waals surface area contributed by atoms with Crippen molar-refractivity contribution < 1.29 is 4.39 Å². The zero-order valence-corrected chi connectivity index (χ0v) is 12.3. The van der Waals surface area contributed by atoms with Gasteiger partial charge in [-0.15, -0.1) is 0 Å². The molecule has 114 valence electrons. The maximum atomic E-state index is 14.0. The molecule has 3 heterocycles. The van der Waals surface area contributed by atoms with Gasteiger partial charge in [0.2, 0.25) is 5.95 Å². The highest BCUT2D eigenvalue weighted by molar-refractivity contribution is 5.60. The van der Waals surface area contributed by atoms with E-state index in [2.05, 4.69) is 31.7 Å². The number of aromatic nitrogens is 3. The van der Waals surface area contributed by atoms with Crippen LogP contribution in [0.5, 0.6) is 0 Å². The van der Waals surface area contributed by atoms with E-state index in [9.17, 15) is 4.39 Å². The van der Waals surface area contributed by atoms with E-state index in [0.29, 0.717) is 5.95 Å². The van der Waals surface area contributed by atoms with Crippen molar-refractivity contribution in [1.82, 2.24) is 15.0 Å². The molecule has 0 fully saturated rings. The van der Waals surface area contributed by atoms with Crippen molar-refractivity contribution in [2.24, 2.45) is 0 Å². The monoisotopic (exact) mass is 307 g/mol. The zero-order valence-electron chi connectivity index (χ0n) is 12.3. The van der Waals surface area contributed by atoms with E-state index in [1.165, 1.54) is 5.56 Å². The normalized spacial score (nSPS) is 12.9. The molecule has 2 aromatic heterocycles. The molecule has 0 radical (unpaired) electrons. The third kappa shape index (κ3) is 2.96. The summed E-state index contributed by atoms with van der Waals surface area (Å²) >= 11 is 0. The molecule has 4 rings (SSSR count). The molecule has 3 aromatic rings. The van der Waals surface area contributed by atoms with Crippen LogP contribution in [0.1, 0.15) is 11.1 Å². The Hall–Kier alpha value is -3.02. The smallest absolute Gasteiger partial charge is 0.229 e. The lowest BCUT2D eigenvalue weighted by Crippen LogP contribution is -2.03. The second-order valence-electron chi connectivity index (χ2n) is 5.42. The summed E-state index contributed by atoms with van der Waals surface area (Å²) in [5.41, 5.74) is 3.87. The van der Waals surface area contributed by atoms with Crippen LogP contribution in [0.15, 0.2) is 48.9 Å². The molecule has 0 atom stereocenters. The Morgan fingerprint density at radius 2 is 1.78 bits per heavy atom. The Morgan fingerprint density at radius 1 is 0.913 bits per heavy atom. The van der Waals surface area contributed by atoms with E-state index in [0.717, 1.165) is 36.0 Å². The molecule has 2 N–H and O–H groups in total. The van der Waals surface area contributed by atoms with Crippen molar-refractivity contribution in [3.8, 4) is 0 Å². The van der Waals surface area contributed by atoms with Crippen molar-refractivity contribution in [2.45, 2.75) is 12.8 Å². The molecule has 0 saturated heterocycles. The number of hydrogen-bond donors (Lipinski definition) is 2. The van der Waals surface area contributed by atoms with Crippen LogP contribution in [-0.2, 0) is 12.8 Å². The fourth-order valence-electron chi connectivity index (χ4n) is 2.57. The maximum Gasteiger partial charge on any atom is 0.229 e. The minimum atomic E-state index is -0.497. The van der Waals surface area contributed by atoms with Crippen LogP contribution in [-0.4, -0.2) is 15.0 Å². The van der Waals surface area contributed by atoms with Gasteiger partial charge < -0.3 is 10.6 Å². The van der Waals surface area contributed by atoms with Gasteiger partial charge in [-0.25, -0.2) is 9.37 Å². The average Bonchev–Trinajstić information content (AvgIpc) is 2.57. The number of fused-ring (bicyclic) bond motifs is 6. The first kappa shape index (κ1) is 13.6. The number of nitrogens with zero attached hydrogens (tertiary/aromatic N) is 3. The van der Waals surface area contributed by atoms with Gasteiger partial charge in [0, 0.05) is 11.9 Å². The average molecular weight is 307 g/mol. The standard InChI is InChI=1S/C17H14FN5/c18-15-10-20-17-22-14-7-12(8-19-9-14)5-4-11-2-1-3-13(6-11)21-16(15)23-17/h1-3,6-10H,4-5H2,(H2,20,21,22,23). The van der Waals surface area contributed by atoms with E-state index in [-0.39, 0.29) is 5.82 Å². The van der Waals surface area contributed by atoms with Crippen molar-refractivity contribution >= 4 is 23.1 Å². The number of pyridine rings is 1. The molecule has 0 amide bonds. The van der Waals surface area contributed by atoms with Crippen LogP contribution >= 0.6 is 0 Å². The lowest BCUT2D eigenvalue weighted by molar-refractivity contribution is 0.619. The van der Waals surface area contributed by atoms with E-state index >= 15 is 0 Å². The SMILES string of the molecule is Fc1cnc2nc1Nc1cccc(c1)CCc1cncc(c1)N2. The molecule has 1 aliphatic heterocycles. The number of aryl methyl sites for hydroxylation is 2. The van der Waals surface area contributed by atoms with Crippen LogP contribution in [0.3, 0.4) is 0 Å². The van der Waals surface area contributed by atoms with Gasteiger partial charge >= 0.3 is 0 Å². The Morgan fingerprint density at radius 3 is 2.74 bits per heavy atom. The van der Waals surface area contributed by atoms with Crippen LogP contribution in [0, 0.1) is 5.82 Å². The van der Waals surface area contributed by atoms with Gasteiger partial charge in [0.25, 0.3) is 0 Å². The molecule has 23 heavy (non-hydrogen) atoms. The Labute approximate surface area is 132 Å². The molecule has 1 aromatic carbocycles. The second kappa shape index (κ2) is 5.64. The van der Waals surface area contributed by atoms with Gasteiger partial charge in [0.15, 0.2) is 11.6 Å². The summed E-state index contributed by atoms with van der Waals surface area (Å²) in [5, 5.41) is 6.08. The first-order chi connectivity index (χ1) is 11.3. The lowest BCUT2D eigenvalue weighted by atomic mass is 10.0. The van der Waals surface area contributed by atoms with E-state index in [1.807, 2.05) is 30.5 Å². The van der Waals surface area contributed by atoms with Crippen LogP contribution in [0.2, 0.25) is 0 Å². The lowest BCUT2D eigenvalue weighted by Gasteiger charge is -2.09. The minimum absolute atomic E-state index is 0.142. The third-order valence-corrected chi connectivity index (χ3v) is 3.69. The summed E-state index contributed by atoms with van der Waals surface area (Å²) in [5.74, 6) is -0.0334. The van der Waals surface area contributed by atoms with Gasteiger partial charge in [-0.2, -0.15) is 4.98 Å². The number of hydrogen-bond acceptors (Lipinski definition) is 5. The molecule has 6 bridgehead atoms. The molecule has 5 nitrogen and oxygen atoms in total. The quantitative estimate of drug-likeness (QED) is 0.664. The summed E-state index contributed by atoms with van der Waals surface area (Å²) < 4.78 is 14.0. The van der Waals surface area contributed by atoms with Gasteiger partial charge in [-0.1, -0.05) is 12.1 Å². The largest absolute Gasteiger partial charge is 0.338 e. The molecule has 0 unspecified atom stereocenters. The molecular formula is C17H14FN5. The predicted molar refractivity (Wildman–Crippen MR) is 86.6 cm³/mol. The zero-order chi connectivity index (χ0) is 15.6. The van der Waals surface area contributed by atoms with Gasteiger partial charge in [-0.3, -0.25) is 4.98 Å². The maximum absolute atomic E-state index is 14.0.